The number of carboxylic acids is 1. The van der Waals surface area contributed by atoms with Crippen molar-refractivity contribution in [1.29, 1.82) is 0 Å². The van der Waals surface area contributed by atoms with Crippen molar-refractivity contribution in [1.82, 2.24) is 14.5 Å². The molecule has 0 saturated carbocycles. The van der Waals surface area contributed by atoms with Crippen LogP contribution in [0.4, 0.5) is 0 Å². The normalized spacial score (nSPS) is 12.4. The number of carbonyl (C=O) groups is 1. The predicted molar refractivity (Wildman–Crippen MR) is 92.4 cm³/mol. The smallest absolute Gasteiger partial charge is 0.325 e. The van der Waals surface area contributed by atoms with Gasteiger partial charge in [0, 0.05) is 25.5 Å². The van der Waals surface area contributed by atoms with Crippen LogP contribution in [0.2, 0.25) is 0 Å². The molecule has 1 N–H and O–H groups in total. The second-order valence-electron chi connectivity index (χ2n) is 6.08. The second-order valence-corrected chi connectivity index (χ2v) is 6.08. The zero-order chi connectivity index (χ0) is 17.9. The summed E-state index contributed by atoms with van der Waals surface area (Å²) in [5, 5.41) is 9.73. The van der Waals surface area contributed by atoms with E-state index in [-0.39, 0.29) is 0 Å². The van der Waals surface area contributed by atoms with Crippen LogP contribution in [0.1, 0.15) is 28.6 Å². The van der Waals surface area contributed by atoms with Crippen LogP contribution in [0.25, 0.3) is 0 Å². The number of aryl methyl sites for hydroxylation is 3. The minimum atomic E-state index is -0.858. The van der Waals surface area contributed by atoms with Crippen LogP contribution in [-0.4, -0.2) is 46.2 Å². The number of imidazole rings is 1. The highest BCUT2D eigenvalue weighted by atomic mass is 16.5. The highest BCUT2D eigenvalue weighted by molar-refractivity contribution is 5.76. The molecule has 1 aromatic heterocycles. The minimum Gasteiger partial charge on any atom is -0.496 e. The van der Waals surface area contributed by atoms with Gasteiger partial charge in [0.25, 0.3) is 0 Å². The first-order chi connectivity index (χ1) is 11.3. The van der Waals surface area contributed by atoms with E-state index in [0.717, 1.165) is 28.3 Å². The molecule has 1 atom stereocenters. The van der Waals surface area contributed by atoms with Gasteiger partial charge in [-0.25, -0.2) is 4.98 Å². The Balaban J connectivity index is 2.22. The van der Waals surface area contributed by atoms with Crippen LogP contribution < -0.4 is 4.74 Å². The van der Waals surface area contributed by atoms with Crippen molar-refractivity contribution < 1.29 is 14.6 Å². The molecule has 24 heavy (non-hydrogen) atoms. The molecule has 2 aromatic rings. The number of carboxylic acid groups (broad SMARTS) is 1. The molecule has 1 heterocycles. The Morgan fingerprint density at radius 2 is 1.96 bits per heavy atom. The van der Waals surface area contributed by atoms with E-state index in [4.69, 9.17) is 4.74 Å². The molecule has 0 fully saturated rings. The molecule has 0 saturated heterocycles. The predicted octanol–water partition coefficient (Wildman–Crippen LogP) is 2.57. The lowest BCUT2D eigenvalue weighted by atomic mass is 9.99. The standard InChI is InChI=1S/C18H25N3O3/c1-12-10-15(11-13(2)17(12)24-5)16(18(22)23)20(4)8-9-21-7-6-19-14(21)3/h6-7,10-11,16H,8-9H2,1-5H3,(H,22,23). The lowest BCUT2D eigenvalue weighted by Gasteiger charge is -2.26. The molecule has 6 nitrogen and oxygen atoms in total. The molecule has 2 rings (SSSR count). The van der Waals surface area contributed by atoms with Gasteiger partial charge < -0.3 is 14.4 Å². The SMILES string of the molecule is COc1c(C)cc(C(C(=O)O)N(C)CCn2ccnc2C)cc1C. The topological polar surface area (TPSA) is 67.6 Å². The van der Waals surface area contributed by atoms with Gasteiger partial charge in [0.2, 0.25) is 0 Å². The van der Waals surface area contributed by atoms with Crippen LogP contribution in [0.5, 0.6) is 5.75 Å². The largest absolute Gasteiger partial charge is 0.496 e. The number of ether oxygens (including phenoxy) is 1. The minimum absolute atomic E-state index is 0.609. The molecule has 0 radical (unpaired) electrons. The van der Waals surface area contributed by atoms with E-state index in [2.05, 4.69) is 4.98 Å². The Labute approximate surface area is 142 Å². The van der Waals surface area contributed by atoms with Gasteiger partial charge in [0.05, 0.1) is 7.11 Å². The summed E-state index contributed by atoms with van der Waals surface area (Å²) in [6, 6.07) is 3.09. The summed E-state index contributed by atoms with van der Waals surface area (Å²) in [5.41, 5.74) is 2.65. The summed E-state index contributed by atoms with van der Waals surface area (Å²) < 4.78 is 7.38. The summed E-state index contributed by atoms with van der Waals surface area (Å²) in [5.74, 6) is 0.870. The second kappa shape index (κ2) is 7.49. The van der Waals surface area contributed by atoms with E-state index in [9.17, 15) is 9.90 Å². The van der Waals surface area contributed by atoms with Gasteiger partial charge in [-0.05, 0) is 44.5 Å². The molecule has 6 heteroatoms. The number of benzene rings is 1. The van der Waals surface area contributed by atoms with Gasteiger partial charge in [-0.1, -0.05) is 12.1 Å². The van der Waals surface area contributed by atoms with Crippen molar-refractivity contribution >= 4 is 5.97 Å². The van der Waals surface area contributed by atoms with Crippen molar-refractivity contribution in [3.8, 4) is 5.75 Å². The zero-order valence-electron chi connectivity index (χ0n) is 14.9. The molecular weight excluding hydrogens is 306 g/mol. The van der Waals surface area contributed by atoms with Crippen molar-refractivity contribution in [2.24, 2.45) is 0 Å². The van der Waals surface area contributed by atoms with Crippen molar-refractivity contribution in [2.75, 3.05) is 20.7 Å². The Hall–Kier alpha value is -2.34. The first-order valence-corrected chi connectivity index (χ1v) is 7.91. The van der Waals surface area contributed by atoms with Crippen LogP contribution in [0.3, 0.4) is 0 Å². The maximum absolute atomic E-state index is 11.9. The van der Waals surface area contributed by atoms with Gasteiger partial charge in [0.1, 0.15) is 17.6 Å². The van der Waals surface area contributed by atoms with Crippen molar-refractivity contribution in [2.45, 2.75) is 33.4 Å². The Kier molecular flexibility index (Phi) is 5.62. The molecule has 0 aliphatic heterocycles. The van der Waals surface area contributed by atoms with E-state index in [1.165, 1.54) is 0 Å². The fourth-order valence-electron chi connectivity index (χ4n) is 3.08. The lowest BCUT2D eigenvalue weighted by molar-refractivity contribution is -0.143. The monoisotopic (exact) mass is 331 g/mol. The maximum Gasteiger partial charge on any atom is 0.325 e. The highest BCUT2D eigenvalue weighted by Crippen LogP contribution is 2.29. The van der Waals surface area contributed by atoms with E-state index in [0.29, 0.717) is 13.1 Å². The Morgan fingerprint density at radius 1 is 1.33 bits per heavy atom. The van der Waals surface area contributed by atoms with E-state index < -0.39 is 12.0 Å². The van der Waals surface area contributed by atoms with E-state index in [1.54, 1.807) is 13.3 Å². The number of hydrogen-bond acceptors (Lipinski definition) is 4. The van der Waals surface area contributed by atoms with E-state index in [1.807, 2.05) is 55.6 Å². The van der Waals surface area contributed by atoms with E-state index >= 15 is 0 Å². The first kappa shape index (κ1) is 18.0. The van der Waals surface area contributed by atoms with Crippen LogP contribution in [0, 0.1) is 20.8 Å². The number of likely N-dealkylation sites (N-methyl/N-ethyl adjacent to an activating group) is 1. The molecule has 130 valence electrons. The fourth-order valence-corrected chi connectivity index (χ4v) is 3.08. The quantitative estimate of drug-likeness (QED) is 0.844. The maximum atomic E-state index is 11.9. The highest BCUT2D eigenvalue weighted by Gasteiger charge is 2.26. The average Bonchev–Trinajstić information content (AvgIpc) is 2.90. The molecule has 0 amide bonds. The summed E-state index contributed by atoms with van der Waals surface area (Å²) in [4.78, 5) is 17.9. The number of rotatable bonds is 7. The van der Waals surface area contributed by atoms with Gasteiger partial charge in [-0.3, -0.25) is 9.69 Å². The summed E-state index contributed by atoms with van der Waals surface area (Å²) in [6.45, 7) is 7.11. The van der Waals surface area contributed by atoms with Crippen LogP contribution >= 0.6 is 0 Å². The Bertz CT molecular complexity index is 701. The fraction of sp³-hybridized carbons (Fsp3) is 0.444. The molecule has 0 aliphatic rings. The molecule has 0 bridgehead atoms. The summed E-state index contributed by atoms with van der Waals surface area (Å²) in [6.07, 6.45) is 3.65. The number of nitrogens with zero attached hydrogens (tertiary/aromatic N) is 3. The number of aliphatic carboxylic acids is 1. The third kappa shape index (κ3) is 3.76. The number of hydrogen-bond donors (Lipinski definition) is 1. The van der Waals surface area contributed by atoms with Crippen molar-refractivity contribution in [3.05, 3.63) is 47.0 Å². The van der Waals surface area contributed by atoms with Gasteiger partial charge in [-0.15, -0.1) is 0 Å². The lowest BCUT2D eigenvalue weighted by Crippen LogP contribution is -2.33. The first-order valence-electron chi connectivity index (χ1n) is 7.91. The van der Waals surface area contributed by atoms with Gasteiger partial charge in [0.15, 0.2) is 0 Å². The molecular formula is C18H25N3O3. The summed E-state index contributed by atoms with van der Waals surface area (Å²) >= 11 is 0. The van der Waals surface area contributed by atoms with Crippen LogP contribution in [0.15, 0.2) is 24.5 Å². The number of methoxy groups -OCH3 is 1. The van der Waals surface area contributed by atoms with Gasteiger partial charge in [-0.2, -0.15) is 0 Å². The van der Waals surface area contributed by atoms with Gasteiger partial charge >= 0.3 is 5.97 Å². The Morgan fingerprint density at radius 3 is 2.42 bits per heavy atom. The molecule has 1 aromatic carbocycles. The summed E-state index contributed by atoms with van der Waals surface area (Å²) in [7, 11) is 3.46. The zero-order valence-corrected chi connectivity index (χ0v) is 14.9. The number of aromatic nitrogens is 2. The molecule has 0 aliphatic carbocycles. The third-order valence-corrected chi connectivity index (χ3v) is 4.29. The molecule has 1 unspecified atom stereocenters. The average molecular weight is 331 g/mol. The van der Waals surface area contributed by atoms with Crippen molar-refractivity contribution in [3.63, 3.8) is 0 Å². The molecule has 0 spiro atoms. The van der Waals surface area contributed by atoms with Crippen LogP contribution in [-0.2, 0) is 11.3 Å². The third-order valence-electron chi connectivity index (χ3n) is 4.29.